The molecule has 132 valence electrons. The molecule has 0 spiro atoms. The van der Waals surface area contributed by atoms with Crippen molar-refractivity contribution in [3.05, 3.63) is 74.6 Å². The minimum absolute atomic E-state index is 0.458. The number of benzene rings is 1. The number of halogens is 2. The SMILES string of the molecule is O=S(=O)(NCC(O)(c1ccsc1)c1cccs1)c1c(F)cccc1F. The van der Waals surface area contributed by atoms with Gasteiger partial charge in [0.05, 0.1) is 0 Å². The van der Waals surface area contributed by atoms with Gasteiger partial charge in [0.15, 0.2) is 4.90 Å². The van der Waals surface area contributed by atoms with E-state index in [0.29, 0.717) is 10.4 Å². The van der Waals surface area contributed by atoms with Gasteiger partial charge in [-0.3, -0.25) is 0 Å². The molecule has 9 heteroatoms. The van der Waals surface area contributed by atoms with E-state index in [-0.39, 0.29) is 0 Å². The molecule has 1 aromatic carbocycles. The molecule has 1 unspecified atom stereocenters. The second-order valence-electron chi connectivity index (χ2n) is 5.22. The van der Waals surface area contributed by atoms with Gasteiger partial charge in [-0.25, -0.2) is 21.9 Å². The molecule has 0 bridgehead atoms. The molecule has 0 radical (unpaired) electrons. The van der Waals surface area contributed by atoms with Gasteiger partial charge in [0.2, 0.25) is 10.0 Å². The van der Waals surface area contributed by atoms with Gasteiger partial charge in [0, 0.05) is 17.0 Å². The highest BCUT2D eigenvalue weighted by molar-refractivity contribution is 7.89. The van der Waals surface area contributed by atoms with E-state index in [0.717, 1.165) is 18.2 Å². The van der Waals surface area contributed by atoms with Crippen LogP contribution in [-0.4, -0.2) is 20.1 Å². The molecule has 0 aliphatic carbocycles. The van der Waals surface area contributed by atoms with Gasteiger partial charge < -0.3 is 5.11 Å². The third kappa shape index (κ3) is 3.51. The van der Waals surface area contributed by atoms with Crippen LogP contribution in [0.2, 0.25) is 0 Å². The number of nitrogens with one attached hydrogen (secondary N) is 1. The molecule has 2 aromatic heterocycles. The number of rotatable bonds is 6. The molecule has 0 aliphatic heterocycles. The van der Waals surface area contributed by atoms with Crippen LogP contribution in [0.25, 0.3) is 0 Å². The van der Waals surface area contributed by atoms with Crippen LogP contribution in [0.4, 0.5) is 8.78 Å². The van der Waals surface area contributed by atoms with Crippen molar-refractivity contribution in [3.63, 3.8) is 0 Å². The Morgan fingerprint density at radius 3 is 2.36 bits per heavy atom. The highest BCUT2D eigenvalue weighted by atomic mass is 32.2. The zero-order valence-corrected chi connectivity index (χ0v) is 15.1. The molecule has 0 fully saturated rings. The lowest BCUT2D eigenvalue weighted by Gasteiger charge is -2.27. The number of aliphatic hydroxyl groups is 1. The van der Waals surface area contributed by atoms with Gasteiger partial charge in [-0.05, 0) is 40.4 Å². The first-order valence-electron chi connectivity index (χ1n) is 7.07. The molecule has 0 saturated heterocycles. The Labute approximate surface area is 151 Å². The second kappa shape index (κ2) is 6.93. The van der Waals surface area contributed by atoms with E-state index in [4.69, 9.17) is 0 Å². The van der Waals surface area contributed by atoms with E-state index in [1.807, 2.05) is 0 Å². The van der Waals surface area contributed by atoms with E-state index >= 15 is 0 Å². The van der Waals surface area contributed by atoms with Crippen molar-refractivity contribution in [2.75, 3.05) is 6.54 Å². The van der Waals surface area contributed by atoms with Crippen LogP contribution >= 0.6 is 22.7 Å². The molecule has 0 amide bonds. The maximum Gasteiger partial charge on any atom is 0.246 e. The van der Waals surface area contributed by atoms with Gasteiger partial charge >= 0.3 is 0 Å². The average molecular weight is 401 g/mol. The summed E-state index contributed by atoms with van der Waals surface area (Å²) in [6.45, 7) is -0.458. The molecule has 2 heterocycles. The van der Waals surface area contributed by atoms with Crippen molar-refractivity contribution >= 4 is 32.7 Å². The fourth-order valence-corrected chi connectivity index (χ4v) is 5.12. The van der Waals surface area contributed by atoms with Crippen LogP contribution in [0.3, 0.4) is 0 Å². The van der Waals surface area contributed by atoms with E-state index < -0.39 is 38.7 Å². The van der Waals surface area contributed by atoms with E-state index in [9.17, 15) is 22.3 Å². The summed E-state index contributed by atoms with van der Waals surface area (Å²) in [6.07, 6.45) is 0. The Balaban J connectivity index is 1.95. The minimum atomic E-state index is -4.49. The van der Waals surface area contributed by atoms with Gasteiger partial charge in [0.25, 0.3) is 0 Å². The predicted octanol–water partition coefficient (Wildman–Crippen LogP) is 3.30. The number of thiophene rings is 2. The first-order chi connectivity index (χ1) is 11.8. The largest absolute Gasteiger partial charge is 0.378 e. The Hall–Kier alpha value is -1.65. The van der Waals surface area contributed by atoms with E-state index in [1.54, 1.807) is 34.3 Å². The van der Waals surface area contributed by atoms with Crippen LogP contribution < -0.4 is 4.72 Å². The lowest BCUT2D eigenvalue weighted by molar-refractivity contribution is 0.0903. The minimum Gasteiger partial charge on any atom is -0.378 e. The lowest BCUT2D eigenvalue weighted by atomic mass is 9.95. The molecule has 1 atom stereocenters. The summed E-state index contributed by atoms with van der Waals surface area (Å²) in [5.74, 6) is -2.38. The van der Waals surface area contributed by atoms with E-state index in [2.05, 4.69) is 4.72 Å². The Morgan fingerprint density at radius 1 is 1.08 bits per heavy atom. The predicted molar refractivity (Wildman–Crippen MR) is 93.2 cm³/mol. The van der Waals surface area contributed by atoms with E-state index in [1.165, 1.54) is 22.7 Å². The standard InChI is InChI=1S/C16H13F2NO3S3/c17-12-3-1-4-13(18)15(12)25(21,22)19-10-16(20,11-6-8-23-9-11)14-5-2-7-24-14/h1-9,19-20H,10H2. The van der Waals surface area contributed by atoms with Crippen molar-refractivity contribution in [2.45, 2.75) is 10.5 Å². The third-order valence-corrected chi connectivity index (χ3v) is 6.79. The number of hydrogen-bond donors (Lipinski definition) is 2. The van der Waals surface area contributed by atoms with Crippen molar-refractivity contribution in [2.24, 2.45) is 0 Å². The molecule has 3 rings (SSSR count). The highest BCUT2D eigenvalue weighted by Gasteiger charge is 2.35. The summed E-state index contributed by atoms with van der Waals surface area (Å²) in [5.41, 5.74) is -1.14. The molecular formula is C16H13F2NO3S3. The zero-order valence-electron chi connectivity index (χ0n) is 12.6. The third-order valence-electron chi connectivity index (χ3n) is 3.63. The number of sulfonamides is 1. The van der Waals surface area contributed by atoms with Crippen LogP contribution in [0.5, 0.6) is 0 Å². The maximum atomic E-state index is 13.8. The highest BCUT2D eigenvalue weighted by Crippen LogP contribution is 2.34. The van der Waals surface area contributed by atoms with Crippen LogP contribution in [0.1, 0.15) is 10.4 Å². The maximum absolute atomic E-state index is 13.8. The molecule has 25 heavy (non-hydrogen) atoms. The summed E-state index contributed by atoms with van der Waals surface area (Å²) in [5, 5.41) is 16.3. The van der Waals surface area contributed by atoms with Crippen LogP contribution in [-0.2, 0) is 15.6 Å². The van der Waals surface area contributed by atoms with Gasteiger partial charge in [-0.15, -0.1) is 11.3 Å². The fourth-order valence-electron chi connectivity index (χ4n) is 2.36. The monoisotopic (exact) mass is 401 g/mol. The first-order valence-corrected chi connectivity index (χ1v) is 10.4. The summed E-state index contributed by atoms with van der Waals surface area (Å²) in [6, 6.07) is 7.87. The quantitative estimate of drug-likeness (QED) is 0.666. The molecule has 3 aromatic rings. The second-order valence-corrected chi connectivity index (χ2v) is 8.66. The normalized spacial score (nSPS) is 14.4. The van der Waals surface area contributed by atoms with Crippen molar-refractivity contribution in [1.29, 1.82) is 0 Å². The molecule has 0 saturated carbocycles. The van der Waals surface area contributed by atoms with Crippen LogP contribution in [0.15, 0.2) is 57.4 Å². The molecule has 2 N–H and O–H groups in total. The number of hydrogen-bond acceptors (Lipinski definition) is 5. The molecular weight excluding hydrogens is 388 g/mol. The van der Waals surface area contributed by atoms with Crippen molar-refractivity contribution in [1.82, 2.24) is 4.72 Å². The first kappa shape index (κ1) is 18.2. The summed E-state index contributed by atoms with van der Waals surface area (Å²) < 4.78 is 54.4. The fraction of sp³-hybridized carbons (Fsp3) is 0.125. The van der Waals surface area contributed by atoms with Crippen LogP contribution in [0, 0.1) is 11.6 Å². The Bertz CT molecular complexity index is 900. The Kier molecular flexibility index (Phi) is 5.03. The smallest absolute Gasteiger partial charge is 0.246 e. The lowest BCUT2D eigenvalue weighted by Crippen LogP contribution is -2.41. The molecule has 0 aliphatic rings. The van der Waals surface area contributed by atoms with Crippen molar-refractivity contribution in [3.8, 4) is 0 Å². The topological polar surface area (TPSA) is 66.4 Å². The summed E-state index contributed by atoms with van der Waals surface area (Å²) in [7, 11) is -4.49. The van der Waals surface area contributed by atoms with Gasteiger partial charge in [-0.2, -0.15) is 11.3 Å². The Morgan fingerprint density at radius 2 is 1.80 bits per heavy atom. The zero-order chi connectivity index (χ0) is 18.1. The summed E-state index contributed by atoms with van der Waals surface area (Å²) in [4.78, 5) is -0.545. The van der Waals surface area contributed by atoms with Gasteiger partial charge in [0.1, 0.15) is 17.2 Å². The average Bonchev–Trinajstić information content (AvgIpc) is 3.26. The van der Waals surface area contributed by atoms with Crippen molar-refractivity contribution < 1.29 is 22.3 Å². The summed E-state index contributed by atoms with van der Waals surface area (Å²) >= 11 is 2.60. The van der Waals surface area contributed by atoms with Gasteiger partial charge in [-0.1, -0.05) is 12.1 Å². The molecule has 4 nitrogen and oxygen atoms in total.